The fourth-order valence-electron chi connectivity index (χ4n) is 3.84. The van der Waals surface area contributed by atoms with Crippen molar-refractivity contribution in [2.75, 3.05) is 44.7 Å². The highest BCUT2D eigenvalue weighted by molar-refractivity contribution is 6.30. The number of fused-ring (bicyclic) bond motifs is 1. The van der Waals surface area contributed by atoms with Crippen LogP contribution in [0.3, 0.4) is 0 Å². The molecule has 1 aromatic heterocycles. The molecule has 2 atom stereocenters. The lowest BCUT2D eigenvalue weighted by Gasteiger charge is -2.33. The number of halogens is 4. The number of nitrogens with zero attached hydrogens (tertiary/aromatic N) is 3. The maximum atomic E-state index is 13.8. The van der Waals surface area contributed by atoms with Crippen LogP contribution < -0.4 is 10.6 Å². The van der Waals surface area contributed by atoms with Gasteiger partial charge in [0.2, 0.25) is 0 Å². The molecule has 4 rings (SSSR count). The quantitative estimate of drug-likeness (QED) is 0.721. The molecule has 1 fully saturated rings. The maximum absolute atomic E-state index is 13.8. The number of ether oxygens (including phenoxy) is 1. The standard InChI is InChI=1S/C20H23ClF3N5O2/c21-14-3-1-13(2-4-14)15-11-17(20(22,23)24)29-18(26-15)12-16(27-29)19(30)25-5-6-28-7-9-31-10-8-28/h1-4,12,15,17,26H,5-11H2,(H,25,30)/t15-,17+/m0/s1. The average molecular weight is 458 g/mol. The molecule has 2 aliphatic rings. The number of alkyl halides is 3. The number of carbonyl (C=O) groups excluding carboxylic acids is 1. The minimum absolute atomic E-state index is 0.0458. The summed E-state index contributed by atoms with van der Waals surface area (Å²) in [5.74, 6) is -0.340. The highest BCUT2D eigenvalue weighted by Crippen LogP contribution is 2.43. The maximum Gasteiger partial charge on any atom is 0.410 e. The first-order valence-electron chi connectivity index (χ1n) is 10.1. The summed E-state index contributed by atoms with van der Waals surface area (Å²) in [6.07, 6.45) is -4.74. The molecule has 0 spiro atoms. The molecule has 0 aliphatic carbocycles. The Morgan fingerprint density at radius 2 is 1.97 bits per heavy atom. The number of rotatable bonds is 5. The van der Waals surface area contributed by atoms with E-state index in [0.717, 1.165) is 17.8 Å². The molecule has 2 aromatic rings. The number of hydrogen-bond donors (Lipinski definition) is 2. The number of anilines is 1. The van der Waals surface area contributed by atoms with Crippen molar-refractivity contribution in [3.8, 4) is 0 Å². The van der Waals surface area contributed by atoms with Gasteiger partial charge in [-0.1, -0.05) is 23.7 Å². The van der Waals surface area contributed by atoms with Gasteiger partial charge in [-0.2, -0.15) is 18.3 Å². The summed E-state index contributed by atoms with van der Waals surface area (Å²) < 4.78 is 47.4. The molecule has 0 unspecified atom stereocenters. The summed E-state index contributed by atoms with van der Waals surface area (Å²) in [7, 11) is 0. The molecule has 2 aliphatic heterocycles. The van der Waals surface area contributed by atoms with Crippen LogP contribution in [0, 0.1) is 0 Å². The Morgan fingerprint density at radius 1 is 1.26 bits per heavy atom. The average Bonchev–Trinajstić information content (AvgIpc) is 3.18. The predicted molar refractivity (Wildman–Crippen MR) is 109 cm³/mol. The summed E-state index contributed by atoms with van der Waals surface area (Å²) >= 11 is 5.89. The zero-order valence-electron chi connectivity index (χ0n) is 16.7. The number of amides is 1. The van der Waals surface area contributed by atoms with E-state index in [1.807, 2.05) is 0 Å². The van der Waals surface area contributed by atoms with Crippen LogP contribution in [-0.2, 0) is 4.74 Å². The van der Waals surface area contributed by atoms with Crippen molar-refractivity contribution in [1.29, 1.82) is 0 Å². The van der Waals surface area contributed by atoms with Crippen LogP contribution in [0.25, 0.3) is 0 Å². The van der Waals surface area contributed by atoms with Gasteiger partial charge in [0.05, 0.1) is 19.3 Å². The van der Waals surface area contributed by atoms with Crippen LogP contribution in [0.15, 0.2) is 30.3 Å². The summed E-state index contributed by atoms with van der Waals surface area (Å²) in [6, 6.07) is 5.62. The number of aromatic nitrogens is 2. The van der Waals surface area contributed by atoms with E-state index >= 15 is 0 Å². The van der Waals surface area contributed by atoms with Crippen molar-refractivity contribution in [2.45, 2.75) is 24.7 Å². The van der Waals surface area contributed by atoms with Gasteiger partial charge in [-0.05, 0) is 17.7 Å². The zero-order valence-corrected chi connectivity index (χ0v) is 17.4. The smallest absolute Gasteiger partial charge is 0.379 e. The molecular weight excluding hydrogens is 435 g/mol. The fourth-order valence-corrected chi connectivity index (χ4v) is 3.97. The summed E-state index contributed by atoms with van der Waals surface area (Å²) in [5, 5.41) is 10.3. The van der Waals surface area contributed by atoms with Crippen LogP contribution in [0.4, 0.5) is 19.0 Å². The third kappa shape index (κ3) is 5.13. The van der Waals surface area contributed by atoms with Crippen molar-refractivity contribution in [1.82, 2.24) is 20.0 Å². The SMILES string of the molecule is O=C(NCCN1CCOCC1)c1cc2n(n1)[C@@H](C(F)(F)F)C[C@@H](c1ccc(Cl)cc1)N2. The van der Waals surface area contributed by atoms with Crippen LogP contribution >= 0.6 is 11.6 Å². The summed E-state index contributed by atoms with van der Waals surface area (Å²) in [5.41, 5.74) is 0.637. The Hall–Kier alpha value is -2.30. The lowest BCUT2D eigenvalue weighted by molar-refractivity contribution is -0.173. The van der Waals surface area contributed by atoms with Gasteiger partial charge in [-0.3, -0.25) is 9.69 Å². The van der Waals surface area contributed by atoms with E-state index in [9.17, 15) is 18.0 Å². The van der Waals surface area contributed by atoms with E-state index in [2.05, 4.69) is 20.6 Å². The Bertz CT molecular complexity index is 913. The highest BCUT2D eigenvalue weighted by atomic mass is 35.5. The molecule has 3 heterocycles. The largest absolute Gasteiger partial charge is 0.410 e. The van der Waals surface area contributed by atoms with Crippen molar-refractivity contribution >= 4 is 23.3 Å². The number of carbonyl (C=O) groups is 1. The lowest BCUT2D eigenvalue weighted by atomic mass is 9.97. The fraction of sp³-hybridized carbons (Fsp3) is 0.500. The van der Waals surface area contributed by atoms with Crippen molar-refractivity contribution < 1.29 is 22.7 Å². The second kappa shape index (κ2) is 9.05. The second-order valence-corrected chi connectivity index (χ2v) is 8.05. The Kier molecular flexibility index (Phi) is 6.40. The van der Waals surface area contributed by atoms with E-state index in [1.54, 1.807) is 24.3 Å². The van der Waals surface area contributed by atoms with Gasteiger partial charge >= 0.3 is 6.18 Å². The molecule has 0 bridgehead atoms. The second-order valence-electron chi connectivity index (χ2n) is 7.61. The number of nitrogens with one attached hydrogen (secondary N) is 2. The monoisotopic (exact) mass is 457 g/mol. The van der Waals surface area contributed by atoms with Crippen LogP contribution in [-0.4, -0.2) is 66.2 Å². The van der Waals surface area contributed by atoms with Gasteiger partial charge in [-0.15, -0.1) is 0 Å². The van der Waals surface area contributed by atoms with Crippen molar-refractivity contribution in [3.63, 3.8) is 0 Å². The molecule has 31 heavy (non-hydrogen) atoms. The summed E-state index contributed by atoms with van der Waals surface area (Å²) in [4.78, 5) is 14.6. The molecule has 0 saturated carbocycles. The van der Waals surface area contributed by atoms with E-state index < -0.39 is 24.2 Å². The first-order chi connectivity index (χ1) is 14.8. The van der Waals surface area contributed by atoms with Crippen LogP contribution in [0.5, 0.6) is 0 Å². The Balaban J connectivity index is 1.48. The van der Waals surface area contributed by atoms with Gasteiger partial charge in [0, 0.05) is 43.7 Å². The van der Waals surface area contributed by atoms with Crippen molar-refractivity contribution in [2.24, 2.45) is 0 Å². The highest BCUT2D eigenvalue weighted by Gasteiger charge is 2.46. The molecule has 11 heteroatoms. The Morgan fingerprint density at radius 3 is 2.65 bits per heavy atom. The minimum atomic E-state index is -4.50. The van der Waals surface area contributed by atoms with Gasteiger partial charge in [0.25, 0.3) is 5.91 Å². The molecule has 2 N–H and O–H groups in total. The molecule has 7 nitrogen and oxygen atoms in total. The van der Waals surface area contributed by atoms with Gasteiger partial charge < -0.3 is 15.4 Å². The molecule has 0 radical (unpaired) electrons. The normalized spacial score (nSPS) is 21.9. The third-order valence-electron chi connectivity index (χ3n) is 5.51. The third-order valence-corrected chi connectivity index (χ3v) is 5.76. The number of morpholine rings is 1. The zero-order chi connectivity index (χ0) is 22.0. The topological polar surface area (TPSA) is 71.4 Å². The first-order valence-corrected chi connectivity index (χ1v) is 10.5. The predicted octanol–water partition coefficient (Wildman–Crippen LogP) is 3.26. The molecule has 1 amide bonds. The molecule has 1 saturated heterocycles. The van der Waals surface area contributed by atoms with E-state index in [0.29, 0.717) is 36.9 Å². The van der Waals surface area contributed by atoms with E-state index in [4.69, 9.17) is 16.3 Å². The van der Waals surface area contributed by atoms with Crippen LogP contribution in [0.1, 0.15) is 34.6 Å². The molecule has 168 valence electrons. The summed E-state index contributed by atoms with van der Waals surface area (Å²) in [6.45, 7) is 3.91. The molecular formula is C20H23ClF3N5O2. The lowest BCUT2D eigenvalue weighted by Crippen LogP contribution is -2.41. The Labute approximate surface area is 182 Å². The van der Waals surface area contributed by atoms with Gasteiger partial charge in [-0.25, -0.2) is 4.68 Å². The van der Waals surface area contributed by atoms with E-state index in [-0.39, 0.29) is 17.9 Å². The first kappa shape index (κ1) is 21.9. The van der Waals surface area contributed by atoms with Gasteiger partial charge in [0.1, 0.15) is 5.82 Å². The van der Waals surface area contributed by atoms with Gasteiger partial charge in [0.15, 0.2) is 11.7 Å². The van der Waals surface area contributed by atoms with Crippen LogP contribution in [0.2, 0.25) is 5.02 Å². The number of benzene rings is 1. The van der Waals surface area contributed by atoms with E-state index in [1.165, 1.54) is 6.07 Å². The minimum Gasteiger partial charge on any atom is -0.379 e. The van der Waals surface area contributed by atoms with Crippen molar-refractivity contribution in [3.05, 3.63) is 46.6 Å². The molecule has 1 aromatic carbocycles. The number of hydrogen-bond acceptors (Lipinski definition) is 5.